The molecule has 0 atom stereocenters. The molecule has 6 heteroatoms. The molecule has 0 radical (unpaired) electrons. The SMILES string of the molecule is COc1ccc(C2CCC(CN(C(=O)C3CCC(O)CC3)c3cccc(C#Cc4cncs4)c3)CC2)cc1C. The van der Waals surface area contributed by atoms with E-state index in [1.807, 2.05) is 23.1 Å². The molecule has 1 amide bonds. The van der Waals surface area contributed by atoms with E-state index in [0.29, 0.717) is 24.7 Å². The van der Waals surface area contributed by atoms with Crippen molar-refractivity contribution in [2.24, 2.45) is 11.8 Å². The minimum absolute atomic E-state index is 0.0288. The van der Waals surface area contributed by atoms with Crippen LogP contribution < -0.4 is 9.64 Å². The van der Waals surface area contributed by atoms with Crippen molar-refractivity contribution in [3.8, 4) is 17.6 Å². The Kier molecular flexibility index (Phi) is 9.01. The molecule has 2 aliphatic rings. The number of carbonyl (C=O) groups is 1. The Morgan fingerprint density at radius 3 is 2.54 bits per heavy atom. The molecule has 5 nitrogen and oxygen atoms in total. The van der Waals surface area contributed by atoms with Crippen molar-refractivity contribution in [1.82, 2.24) is 4.98 Å². The molecular formula is C33H38N2O3S. The summed E-state index contributed by atoms with van der Waals surface area (Å²) in [7, 11) is 1.72. The maximum Gasteiger partial charge on any atom is 0.230 e. The number of ether oxygens (including phenoxy) is 1. The van der Waals surface area contributed by atoms with E-state index in [2.05, 4.69) is 48.0 Å². The monoisotopic (exact) mass is 542 g/mol. The van der Waals surface area contributed by atoms with Crippen molar-refractivity contribution >= 4 is 22.9 Å². The highest BCUT2D eigenvalue weighted by molar-refractivity contribution is 7.10. The van der Waals surface area contributed by atoms with Gasteiger partial charge in [-0.1, -0.05) is 24.1 Å². The van der Waals surface area contributed by atoms with Gasteiger partial charge in [0.2, 0.25) is 5.91 Å². The maximum atomic E-state index is 13.9. The summed E-state index contributed by atoms with van der Waals surface area (Å²) in [6.07, 6.45) is 8.90. The number of anilines is 1. The number of hydrogen-bond acceptors (Lipinski definition) is 5. The normalized spacial score (nSPS) is 22.9. The van der Waals surface area contributed by atoms with E-state index in [1.54, 1.807) is 18.8 Å². The van der Waals surface area contributed by atoms with Gasteiger partial charge in [-0.05, 0) is 111 Å². The Balaban J connectivity index is 1.31. The molecule has 0 spiro atoms. The van der Waals surface area contributed by atoms with Gasteiger partial charge in [0, 0.05) is 23.7 Å². The fraction of sp³-hybridized carbons (Fsp3) is 0.455. The van der Waals surface area contributed by atoms with Gasteiger partial charge in [0.15, 0.2) is 0 Å². The van der Waals surface area contributed by atoms with Crippen LogP contribution in [-0.2, 0) is 4.79 Å². The number of methoxy groups -OCH3 is 1. The Hall–Kier alpha value is -3.14. The van der Waals surface area contributed by atoms with Crippen molar-refractivity contribution < 1.29 is 14.6 Å². The molecule has 2 fully saturated rings. The van der Waals surface area contributed by atoms with Gasteiger partial charge in [0.05, 0.1) is 29.8 Å². The molecule has 39 heavy (non-hydrogen) atoms. The van der Waals surface area contributed by atoms with Crippen LogP contribution in [0.15, 0.2) is 54.2 Å². The highest BCUT2D eigenvalue weighted by Crippen LogP contribution is 2.38. The summed E-state index contributed by atoms with van der Waals surface area (Å²) >= 11 is 1.52. The predicted molar refractivity (Wildman–Crippen MR) is 157 cm³/mol. The van der Waals surface area contributed by atoms with Gasteiger partial charge < -0.3 is 14.7 Å². The molecule has 2 aliphatic carbocycles. The van der Waals surface area contributed by atoms with E-state index < -0.39 is 0 Å². The first-order chi connectivity index (χ1) is 19.0. The van der Waals surface area contributed by atoms with E-state index in [-0.39, 0.29) is 17.9 Å². The summed E-state index contributed by atoms with van der Waals surface area (Å²) in [6, 6.07) is 14.7. The molecule has 2 aromatic carbocycles. The first-order valence-electron chi connectivity index (χ1n) is 14.1. The Morgan fingerprint density at radius 2 is 1.85 bits per heavy atom. The highest BCUT2D eigenvalue weighted by Gasteiger charge is 2.32. The zero-order chi connectivity index (χ0) is 27.2. The Labute approximate surface area is 236 Å². The number of nitrogens with zero attached hydrogens (tertiary/aromatic N) is 2. The quantitative estimate of drug-likeness (QED) is 0.351. The fourth-order valence-electron chi connectivity index (χ4n) is 6.12. The minimum atomic E-state index is -0.273. The summed E-state index contributed by atoms with van der Waals surface area (Å²) in [5, 5.41) is 10.0. The first-order valence-corrected chi connectivity index (χ1v) is 15.0. The van der Waals surface area contributed by atoms with Crippen molar-refractivity contribution in [3.63, 3.8) is 0 Å². The first kappa shape index (κ1) is 27.4. The zero-order valence-electron chi connectivity index (χ0n) is 22.9. The Morgan fingerprint density at radius 1 is 1.05 bits per heavy atom. The van der Waals surface area contributed by atoms with Crippen LogP contribution in [0.4, 0.5) is 5.69 Å². The molecule has 1 heterocycles. The van der Waals surface area contributed by atoms with Crippen LogP contribution in [0.25, 0.3) is 0 Å². The second-order valence-electron chi connectivity index (χ2n) is 11.1. The lowest BCUT2D eigenvalue weighted by molar-refractivity contribution is -0.124. The van der Waals surface area contributed by atoms with E-state index in [1.165, 1.54) is 22.5 Å². The molecule has 0 saturated heterocycles. The number of amides is 1. The number of carbonyl (C=O) groups excluding carboxylic acids is 1. The van der Waals surface area contributed by atoms with Crippen molar-refractivity contribution in [3.05, 3.63) is 75.7 Å². The summed E-state index contributed by atoms with van der Waals surface area (Å²) in [6.45, 7) is 2.84. The smallest absolute Gasteiger partial charge is 0.230 e. The molecular weight excluding hydrogens is 504 g/mol. The van der Waals surface area contributed by atoms with E-state index >= 15 is 0 Å². The zero-order valence-corrected chi connectivity index (χ0v) is 23.8. The van der Waals surface area contributed by atoms with Gasteiger partial charge in [-0.15, -0.1) is 11.3 Å². The lowest BCUT2D eigenvalue weighted by atomic mass is 9.78. The summed E-state index contributed by atoms with van der Waals surface area (Å²) in [5.74, 6) is 8.56. The van der Waals surface area contributed by atoms with Crippen LogP contribution in [0, 0.1) is 30.6 Å². The van der Waals surface area contributed by atoms with E-state index in [9.17, 15) is 9.90 Å². The molecule has 1 aromatic heterocycles. The van der Waals surface area contributed by atoms with Crippen molar-refractivity contribution in [2.45, 2.75) is 70.3 Å². The number of aliphatic hydroxyl groups is 1. The average molecular weight is 543 g/mol. The lowest BCUT2D eigenvalue weighted by Gasteiger charge is -2.36. The molecule has 1 N–H and O–H groups in total. The maximum absolute atomic E-state index is 13.9. The number of aryl methyl sites for hydroxylation is 1. The van der Waals surface area contributed by atoms with Crippen LogP contribution in [0.1, 0.15) is 78.9 Å². The lowest BCUT2D eigenvalue weighted by Crippen LogP contribution is -2.41. The number of aromatic nitrogens is 1. The molecule has 3 aromatic rings. The van der Waals surface area contributed by atoms with Gasteiger partial charge >= 0.3 is 0 Å². The number of thiazole rings is 1. The second kappa shape index (κ2) is 12.8. The fourth-order valence-corrected chi connectivity index (χ4v) is 6.59. The minimum Gasteiger partial charge on any atom is -0.496 e. The highest BCUT2D eigenvalue weighted by atomic mass is 32.1. The summed E-state index contributed by atoms with van der Waals surface area (Å²) in [5.41, 5.74) is 6.19. The van der Waals surface area contributed by atoms with Crippen LogP contribution in [-0.4, -0.2) is 35.8 Å². The largest absolute Gasteiger partial charge is 0.496 e. The van der Waals surface area contributed by atoms with E-state index in [4.69, 9.17) is 4.74 Å². The molecule has 2 saturated carbocycles. The topological polar surface area (TPSA) is 62.7 Å². The van der Waals surface area contributed by atoms with Crippen LogP contribution in [0.2, 0.25) is 0 Å². The van der Waals surface area contributed by atoms with Gasteiger partial charge in [0.1, 0.15) is 5.75 Å². The van der Waals surface area contributed by atoms with Crippen LogP contribution >= 0.6 is 11.3 Å². The summed E-state index contributed by atoms with van der Waals surface area (Å²) in [4.78, 5) is 21.0. The van der Waals surface area contributed by atoms with Crippen LogP contribution in [0.5, 0.6) is 5.75 Å². The van der Waals surface area contributed by atoms with Gasteiger partial charge in [-0.25, -0.2) is 0 Å². The van der Waals surface area contributed by atoms with Gasteiger partial charge in [-0.3, -0.25) is 9.78 Å². The third-order valence-corrected chi connectivity index (χ3v) is 9.10. The molecule has 0 unspecified atom stereocenters. The number of hydrogen-bond donors (Lipinski definition) is 1. The van der Waals surface area contributed by atoms with Gasteiger partial charge in [-0.2, -0.15) is 0 Å². The van der Waals surface area contributed by atoms with E-state index in [0.717, 1.165) is 66.9 Å². The average Bonchev–Trinajstić information content (AvgIpc) is 3.49. The summed E-state index contributed by atoms with van der Waals surface area (Å²) < 4.78 is 5.45. The molecule has 0 bridgehead atoms. The number of benzene rings is 2. The number of rotatable bonds is 6. The van der Waals surface area contributed by atoms with Gasteiger partial charge in [0.25, 0.3) is 0 Å². The predicted octanol–water partition coefficient (Wildman–Crippen LogP) is 6.72. The van der Waals surface area contributed by atoms with Crippen molar-refractivity contribution in [2.75, 3.05) is 18.6 Å². The third kappa shape index (κ3) is 6.90. The molecule has 0 aliphatic heterocycles. The molecule has 204 valence electrons. The molecule has 5 rings (SSSR count). The Bertz CT molecular complexity index is 1310. The third-order valence-electron chi connectivity index (χ3n) is 8.41. The number of aliphatic hydroxyl groups excluding tert-OH is 1. The second-order valence-corrected chi connectivity index (χ2v) is 12.0. The van der Waals surface area contributed by atoms with Crippen LogP contribution in [0.3, 0.4) is 0 Å². The van der Waals surface area contributed by atoms with Crippen molar-refractivity contribution in [1.29, 1.82) is 0 Å². The standard InChI is InChI=1S/C33H38N2O3S/c1-23-18-28(13-17-32(23)38-2)26-9-6-25(7-10-26)21-35(33(37)27-11-14-30(36)15-12-27)29-5-3-4-24(19-29)8-16-31-20-34-22-39-31/h3-5,13,17-20,22,25-27,30,36H,6-7,9-12,14-15,21H2,1-2H3.